The van der Waals surface area contributed by atoms with E-state index in [1.54, 1.807) is 17.0 Å². The molecule has 0 saturated carbocycles. The van der Waals surface area contributed by atoms with Crippen molar-refractivity contribution in [2.75, 3.05) is 6.54 Å². The molecule has 0 radical (unpaired) electrons. The second-order valence-electron chi connectivity index (χ2n) is 4.13. The molecule has 5 heteroatoms. The Morgan fingerprint density at radius 3 is 2.72 bits per heavy atom. The molecule has 0 aliphatic rings. The standard InChI is InChI=1S/C13H14ClIN2O/c1-9(2)17(7-3-6-16)13(18)10-4-5-12(15)11(14)8-10/h4-5,8-9H,3,7H2,1-2H3. The first-order chi connectivity index (χ1) is 8.47. The highest BCUT2D eigenvalue weighted by molar-refractivity contribution is 14.1. The van der Waals surface area contributed by atoms with Crippen molar-refractivity contribution in [1.82, 2.24) is 4.90 Å². The molecule has 0 unspecified atom stereocenters. The van der Waals surface area contributed by atoms with Gasteiger partial charge in [0.25, 0.3) is 5.91 Å². The molecule has 18 heavy (non-hydrogen) atoms. The molecule has 0 aliphatic heterocycles. The first-order valence-corrected chi connectivity index (χ1v) is 7.06. The van der Waals surface area contributed by atoms with Crippen LogP contribution in [0.25, 0.3) is 0 Å². The van der Waals surface area contributed by atoms with E-state index in [1.807, 2.05) is 19.9 Å². The van der Waals surface area contributed by atoms with Gasteiger partial charge in [0, 0.05) is 21.7 Å². The lowest BCUT2D eigenvalue weighted by atomic mass is 10.1. The van der Waals surface area contributed by atoms with Crippen molar-refractivity contribution >= 4 is 40.1 Å². The summed E-state index contributed by atoms with van der Waals surface area (Å²) in [6, 6.07) is 7.37. The van der Waals surface area contributed by atoms with Gasteiger partial charge in [0.2, 0.25) is 0 Å². The van der Waals surface area contributed by atoms with E-state index in [0.717, 1.165) is 3.57 Å². The number of nitrogens with zero attached hydrogens (tertiary/aromatic N) is 2. The molecular formula is C13H14ClIN2O. The zero-order valence-corrected chi connectivity index (χ0v) is 13.2. The number of benzene rings is 1. The quantitative estimate of drug-likeness (QED) is 0.752. The Morgan fingerprint density at radius 2 is 2.22 bits per heavy atom. The van der Waals surface area contributed by atoms with Gasteiger partial charge in [-0.1, -0.05) is 11.6 Å². The van der Waals surface area contributed by atoms with E-state index in [0.29, 0.717) is 23.6 Å². The molecule has 0 N–H and O–H groups in total. The van der Waals surface area contributed by atoms with Gasteiger partial charge >= 0.3 is 0 Å². The number of amides is 1. The fourth-order valence-electron chi connectivity index (χ4n) is 1.56. The first-order valence-electron chi connectivity index (χ1n) is 5.60. The van der Waals surface area contributed by atoms with Crippen LogP contribution in [0.1, 0.15) is 30.6 Å². The van der Waals surface area contributed by atoms with E-state index in [1.165, 1.54) is 0 Å². The molecule has 1 amide bonds. The van der Waals surface area contributed by atoms with Crippen LogP contribution in [0.2, 0.25) is 5.02 Å². The molecule has 0 spiro atoms. The maximum Gasteiger partial charge on any atom is 0.254 e. The van der Waals surface area contributed by atoms with Crippen molar-refractivity contribution in [1.29, 1.82) is 5.26 Å². The van der Waals surface area contributed by atoms with Crippen LogP contribution in [0.5, 0.6) is 0 Å². The fraction of sp³-hybridized carbons (Fsp3) is 0.385. The number of carbonyl (C=O) groups is 1. The Balaban J connectivity index is 2.95. The Labute approximate surface area is 126 Å². The smallest absolute Gasteiger partial charge is 0.254 e. The van der Waals surface area contributed by atoms with Gasteiger partial charge in [-0.15, -0.1) is 0 Å². The summed E-state index contributed by atoms with van der Waals surface area (Å²) in [5.74, 6) is -0.0847. The molecule has 0 heterocycles. The Bertz CT molecular complexity index is 482. The second-order valence-corrected chi connectivity index (χ2v) is 5.70. The molecule has 0 aromatic heterocycles. The van der Waals surface area contributed by atoms with Crippen molar-refractivity contribution in [3.8, 4) is 6.07 Å². The molecule has 0 fully saturated rings. The number of halogens is 2. The minimum atomic E-state index is -0.0847. The van der Waals surface area contributed by atoms with Gasteiger partial charge in [-0.05, 0) is 54.6 Å². The summed E-state index contributed by atoms with van der Waals surface area (Å²) in [7, 11) is 0. The molecule has 1 aromatic rings. The van der Waals surface area contributed by atoms with Crippen molar-refractivity contribution in [3.05, 3.63) is 32.4 Å². The minimum Gasteiger partial charge on any atom is -0.335 e. The van der Waals surface area contributed by atoms with E-state index in [9.17, 15) is 4.79 Å². The lowest BCUT2D eigenvalue weighted by Crippen LogP contribution is -2.37. The summed E-state index contributed by atoms with van der Waals surface area (Å²) < 4.78 is 0.916. The van der Waals surface area contributed by atoms with Crippen LogP contribution in [-0.4, -0.2) is 23.4 Å². The summed E-state index contributed by atoms with van der Waals surface area (Å²) >= 11 is 8.13. The summed E-state index contributed by atoms with van der Waals surface area (Å²) in [5.41, 5.74) is 0.562. The van der Waals surface area contributed by atoms with Crippen molar-refractivity contribution in [2.45, 2.75) is 26.3 Å². The van der Waals surface area contributed by atoms with Crippen LogP contribution in [0, 0.1) is 14.9 Å². The fourth-order valence-corrected chi connectivity index (χ4v) is 2.08. The number of nitriles is 1. The Kier molecular flexibility index (Phi) is 5.89. The van der Waals surface area contributed by atoms with E-state index < -0.39 is 0 Å². The van der Waals surface area contributed by atoms with Crippen LogP contribution in [-0.2, 0) is 0 Å². The molecule has 0 atom stereocenters. The predicted molar refractivity (Wildman–Crippen MR) is 80.6 cm³/mol. The van der Waals surface area contributed by atoms with Gasteiger partial charge in [0.15, 0.2) is 0 Å². The topological polar surface area (TPSA) is 44.1 Å². The number of rotatable bonds is 4. The predicted octanol–water partition coefficient (Wildman–Crippen LogP) is 3.71. The van der Waals surface area contributed by atoms with Gasteiger partial charge in [-0.25, -0.2) is 0 Å². The maximum absolute atomic E-state index is 12.3. The maximum atomic E-state index is 12.3. The van der Waals surface area contributed by atoms with Crippen molar-refractivity contribution in [2.24, 2.45) is 0 Å². The number of hydrogen-bond acceptors (Lipinski definition) is 2. The molecule has 0 saturated heterocycles. The molecule has 3 nitrogen and oxygen atoms in total. The molecular weight excluding hydrogens is 363 g/mol. The highest BCUT2D eigenvalue weighted by Gasteiger charge is 2.18. The minimum absolute atomic E-state index is 0.0592. The molecule has 96 valence electrons. The third-order valence-electron chi connectivity index (χ3n) is 2.52. The number of carbonyl (C=O) groups excluding carboxylic acids is 1. The average Bonchev–Trinajstić information content (AvgIpc) is 2.32. The van der Waals surface area contributed by atoms with Crippen LogP contribution in [0.3, 0.4) is 0 Å². The summed E-state index contributed by atoms with van der Waals surface area (Å²) in [6.45, 7) is 4.31. The zero-order chi connectivity index (χ0) is 13.7. The molecule has 1 aromatic carbocycles. The van der Waals surface area contributed by atoms with E-state index in [2.05, 4.69) is 28.7 Å². The van der Waals surface area contributed by atoms with Gasteiger partial charge in [0.1, 0.15) is 0 Å². The lowest BCUT2D eigenvalue weighted by Gasteiger charge is -2.26. The Hall–Kier alpha value is -0.800. The molecule has 0 aliphatic carbocycles. The van der Waals surface area contributed by atoms with Gasteiger partial charge < -0.3 is 4.90 Å². The average molecular weight is 377 g/mol. The van der Waals surface area contributed by atoms with Crippen LogP contribution >= 0.6 is 34.2 Å². The van der Waals surface area contributed by atoms with Crippen LogP contribution in [0.4, 0.5) is 0 Å². The molecule has 1 rings (SSSR count). The Morgan fingerprint density at radius 1 is 1.56 bits per heavy atom. The summed E-state index contributed by atoms with van der Waals surface area (Å²) in [4.78, 5) is 14.0. The van der Waals surface area contributed by atoms with Crippen molar-refractivity contribution in [3.63, 3.8) is 0 Å². The van der Waals surface area contributed by atoms with Crippen LogP contribution < -0.4 is 0 Å². The first kappa shape index (κ1) is 15.3. The van der Waals surface area contributed by atoms with Crippen LogP contribution in [0.15, 0.2) is 18.2 Å². The second kappa shape index (κ2) is 6.95. The highest BCUT2D eigenvalue weighted by atomic mass is 127. The van der Waals surface area contributed by atoms with Gasteiger partial charge in [-0.3, -0.25) is 4.79 Å². The van der Waals surface area contributed by atoms with E-state index >= 15 is 0 Å². The van der Waals surface area contributed by atoms with Gasteiger partial charge in [-0.2, -0.15) is 5.26 Å². The SMILES string of the molecule is CC(C)N(CCC#N)C(=O)c1ccc(I)c(Cl)c1. The highest BCUT2D eigenvalue weighted by Crippen LogP contribution is 2.21. The summed E-state index contributed by atoms with van der Waals surface area (Å²) in [5, 5.41) is 9.19. The largest absolute Gasteiger partial charge is 0.335 e. The zero-order valence-electron chi connectivity index (χ0n) is 10.3. The normalized spacial score (nSPS) is 10.2. The van der Waals surface area contributed by atoms with Crippen molar-refractivity contribution < 1.29 is 4.79 Å². The molecule has 0 bridgehead atoms. The summed E-state index contributed by atoms with van der Waals surface area (Å²) in [6.07, 6.45) is 0.335. The van der Waals surface area contributed by atoms with Gasteiger partial charge in [0.05, 0.1) is 17.5 Å². The third kappa shape index (κ3) is 3.85. The lowest BCUT2D eigenvalue weighted by molar-refractivity contribution is 0.0710. The number of hydrogen-bond donors (Lipinski definition) is 0. The van der Waals surface area contributed by atoms with E-state index in [4.69, 9.17) is 16.9 Å². The third-order valence-corrected chi connectivity index (χ3v) is 4.09. The van der Waals surface area contributed by atoms with E-state index in [-0.39, 0.29) is 11.9 Å². The monoisotopic (exact) mass is 376 g/mol.